The van der Waals surface area contributed by atoms with Crippen LogP contribution in [0, 0.1) is 6.92 Å². The minimum Gasteiger partial charge on any atom is -0.480 e. The molecule has 0 amide bonds. The lowest BCUT2D eigenvalue weighted by Crippen LogP contribution is -2.22. The number of hydrogen-bond donors (Lipinski definition) is 1. The van der Waals surface area contributed by atoms with Crippen LogP contribution in [-0.2, 0) is 14.8 Å². The topological polar surface area (TPSA) is 103 Å². The van der Waals surface area contributed by atoms with Crippen molar-refractivity contribution in [3.8, 4) is 0 Å². The van der Waals surface area contributed by atoms with Crippen molar-refractivity contribution < 1.29 is 18.3 Å². The fourth-order valence-corrected chi connectivity index (χ4v) is 2.34. The average molecular weight is 314 g/mol. The van der Waals surface area contributed by atoms with E-state index in [2.05, 4.69) is 10.3 Å². The number of nitrogens with zero attached hydrogens (tertiary/aromatic N) is 4. The number of aryl methyl sites for hydroxylation is 1. The highest BCUT2D eigenvalue weighted by Gasteiger charge is 2.18. The van der Waals surface area contributed by atoms with E-state index in [1.54, 1.807) is 13.0 Å². The molecular weight excluding hydrogens is 296 g/mol. The lowest BCUT2D eigenvalue weighted by Gasteiger charge is -2.12. The molecule has 116 valence electrons. The number of sulfonamides is 1. The molecule has 0 aliphatic rings. The second kappa shape index (κ2) is 6.64. The van der Waals surface area contributed by atoms with Crippen LogP contribution in [0.3, 0.4) is 0 Å². The van der Waals surface area contributed by atoms with E-state index >= 15 is 0 Å². The first-order valence-electron chi connectivity index (χ1n) is 6.02. The van der Waals surface area contributed by atoms with Crippen molar-refractivity contribution in [3.63, 3.8) is 0 Å². The van der Waals surface area contributed by atoms with Gasteiger partial charge in [-0.1, -0.05) is 11.3 Å². The Morgan fingerprint density at radius 3 is 2.43 bits per heavy atom. The maximum absolute atomic E-state index is 12.0. The van der Waals surface area contributed by atoms with Crippen molar-refractivity contribution >= 4 is 21.7 Å². The van der Waals surface area contributed by atoms with Crippen molar-refractivity contribution in [2.75, 3.05) is 27.7 Å². The number of carboxylic acids is 1. The van der Waals surface area contributed by atoms with Gasteiger partial charge in [-0.25, -0.2) is 12.7 Å². The maximum atomic E-state index is 12.0. The molecule has 1 rings (SSSR count). The van der Waals surface area contributed by atoms with Crippen LogP contribution in [0.2, 0.25) is 0 Å². The van der Waals surface area contributed by atoms with E-state index in [4.69, 9.17) is 5.11 Å². The standard InChI is InChI=1S/C12H18N4O4S/c1-9-5-6-10(21(19,20)15(2)3)7-11(9)13-14-16(4)8-12(17)18/h5-7H,8H2,1-4H3,(H,17,18). The van der Waals surface area contributed by atoms with Crippen LogP contribution in [0.4, 0.5) is 5.69 Å². The Morgan fingerprint density at radius 2 is 1.90 bits per heavy atom. The van der Waals surface area contributed by atoms with Crippen LogP contribution < -0.4 is 0 Å². The molecule has 0 aromatic heterocycles. The predicted octanol–water partition coefficient (Wildman–Crippen LogP) is 1.26. The number of aliphatic carboxylic acids is 1. The molecule has 1 N–H and O–H groups in total. The molecule has 0 bridgehead atoms. The van der Waals surface area contributed by atoms with Gasteiger partial charge in [0.1, 0.15) is 6.54 Å². The summed E-state index contributed by atoms with van der Waals surface area (Å²) in [4.78, 5) is 10.6. The van der Waals surface area contributed by atoms with Gasteiger partial charge in [0.2, 0.25) is 10.0 Å². The van der Waals surface area contributed by atoms with Crippen LogP contribution >= 0.6 is 0 Å². The van der Waals surface area contributed by atoms with Gasteiger partial charge in [0.05, 0.1) is 10.6 Å². The second-order valence-corrected chi connectivity index (χ2v) is 6.79. The van der Waals surface area contributed by atoms with E-state index in [1.807, 2.05) is 0 Å². The van der Waals surface area contributed by atoms with E-state index in [-0.39, 0.29) is 11.4 Å². The van der Waals surface area contributed by atoms with E-state index in [0.29, 0.717) is 5.69 Å². The van der Waals surface area contributed by atoms with Gasteiger partial charge >= 0.3 is 5.97 Å². The zero-order valence-electron chi connectivity index (χ0n) is 12.3. The van der Waals surface area contributed by atoms with Crippen molar-refractivity contribution in [1.82, 2.24) is 9.31 Å². The van der Waals surface area contributed by atoms with E-state index in [1.165, 1.54) is 33.3 Å². The smallest absolute Gasteiger partial charge is 0.324 e. The summed E-state index contributed by atoms with van der Waals surface area (Å²) in [5.74, 6) is -1.03. The first kappa shape index (κ1) is 17.1. The van der Waals surface area contributed by atoms with Crippen molar-refractivity contribution in [2.45, 2.75) is 11.8 Å². The summed E-state index contributed by atoms with van der Waals surface area (Å²) in [6, 6.07) is 4.52. The summed E-state index contributed by atoms with van der Waals surface area (Å²) in [6.07, 6.45) is 0. The van der Waals surface area contributed by atoms with Crippen molar-refractivity contribution in [1.29, 1.82) is 0 Å². The third-order valence-corrected chi connectivity index (χ3v) is 4.44. The molecule has 0 heterocycles. The van der Waals surface area contributed by atoms with Crippen molar-refractivity contribution in [3.05, 3.63) is 23.8 Å². The number of rotatable bonds is 6. The highest BCUT2D eigenvalue weighted by atomic mass is 32.2. The van der Waals surface area contributed by atoms with E-state index in [9.17, 15) is 13.2 Å². The Balaban J connectivity index is 3.09. The molecular formula is C12H18N4O4S. The Bertz CT molecular complexity index is 655. The molecule has 0 radical (unpaired) electrons. The van der Waals surface area contributed by atoms with Gasteiger partial charge in [0, 0.05) is 21.1 Å². The summed E-state index contributed by atoms with van der Waals surface area (Å²) in [5, 5.41) is 17.4. The van der Waals surface area contributed by atoms with Crippen LogP contribution in [-0.4, -0.2) is 56.5 Å². The summed E-state index contributed by atoms with van der Waals surface area (Å²) in [6.45, 7) is 1.47. The van der Waals surface area contributed by atoms with Gasteiger partial charge in [-0.3, -0.25) is 9.80 Å². The van der Waals surface area contributed by atoms with E-state index in [0.717, 1.165) is 14.9 Å². The third-order valence-electron chi connectivity index (χ3n) is 2.63. The summed E-state index contributed by atoms with van der Waals surface area (Å²) in [5.41, 5.74) is 1.11. The van der Waals surface area contributed by atoms with Crippen LogP contribution in [0.15, 0.2) is 33.4 Å². The zero-order chi connectivity index (χ0) is 16.2. The molecule has 0 unspecified atom stereocenters. The number of likely N-dealkylation sites (N-methyl/N-ethyl adjacent to an activating group) is 1. The monoisotopic (exact) mass is 314 g/mol. The molecule has 0 saturated heterocycles. The quantitative estimate of drug-likeness (QED) is 0.629. The Labute approximate surface area is 123 Å². The highest BCUT2D eigenvalue weighted by molar-refractivity contribution is 7.89. The fourth-order valence-electron chi connectivity index (χ4n) is 1.42. The fraction of sp³-hybridized carbons (Fsp3) is 0.417. The number of hydrogen-bond acceptors (Lipinski definition) is 5. The third kappa shape index (κ3) is 4.50. The minimum absolute atomic E-state index is 0.105. The lowest BCUT2D eigenvalue weighted by molar-refractivity contribution is -0.138. The van der Waals surface area contributed by atoms with Gasteiger partial charge in [0.15, 0.2) is 0 Å². The molecule has 1 aromatic carbocycles. The SMILES string of the molecule is Cc1ccc(S(=O)(=O)N(C)C)cc1N=NN(C)CC(=O)O. The van der Waals surface area contributed by atoms with Crippen molar-refractivity contribution in [2.24, 2.45) is 10.3 Å². The number of carbonyl (C=O) groups is 1. The largest absolute Gasteiger partial charge is 0.480 e. The Morgan fingerprint density at radius 1 is 1.29 bits per heavy atom. The predicted molar refractivity (Wildman–Crippen MR) is 76.8 cm³/mol. The molecule has 0 fully saturated rings. The van der Waals surface area contributed by atoms with Crippen LogP contribution in [0.1, 0.15) is 5.56 Å². The summed E-state index contributed by atoms with van der Waals surface area (Å²) in [7, 11) is 0.799. The first-order chi connectivity index (χ1) is 9.64. The maximum Gasteiger partial charge on any atom is 0.324 e. The molecule has 0 aliphatic carbocycles. The molecule has 9 heteroatoms. The molecule has 0 spiro atoms. The summed E-state index contributed by atoms with van der Waals surface area (Å²) < 4.78 is 25.2. The molecule has 0 atom stereocenters. The zero-order valence-corrected chi connectivity index (χ0v) is 13.1. The molecule has 0 saturated carbocycles. The molecule has 21 heavy (non-hydrogen) atoms. The van der Waals surface area contributed by atoms with Gasteiger partial charge in [-0.15, -0.1) is 5.11 Å². The second-order valence-electron chi connectivity index (χ2n) is 4.63. The molecule has 8 nitrogen and oxygen atoms in total. The Hall–Kier alpha value is -2.00. The Kier molecular flexibility index (Phi) is 5.39. The van der Waals surface area contributed by atoms with Gasteiger partial charge in [0.25, 0.3) is 0 Å². The molecule has 0 aliphatic heterocycles. The average Bonchev–Trinajstić information content (AvgIpc) is 2.36. The summed E-state index contributed by atoms with van der Waals surface area (Å²) >= 11 is 0. The van der Waals surface area contributed by atoms with Crippen LogP contribution in [0.5, 0.6) is 0 Å². The van der Waals surface area contributed by atoms with Gasteiger partial charge in [-0.2, -0.15) is 0 Å². The van der Waals surface area contributed by atoms with Crippen LogP contribution in [0.25, 0.3) is 0 Å². The number of benzene rings is 1. The van der Waals surface area contributed by atoms with Gasteiger partial charge < -0.3 is 5.11 Å². The normalized spacial score (nSPS) is 12.0. The number of carboxylic acid groups (broad SMARTS) is 1. The lowest BCUT2D eigenvalue weighted by atomic mass is 10.2. The molecule has 1 aromatic rings. The van der Waals surface area contributed by atoms with E-state index < -0.39 is 16.0 Å². The van der Waals surface area contributed by atoms with Gasteiger partial charge in [-0.05, 0) is 24.6 Å². The first-order valence-corrected chi connectivity index (χ1v) is 7.46. The minimum atomic E-state index is -3.55. The highest BCUT2D eigenvalue weighted by Crippen LogP contribution is 2.24.